The molecule has 0 unspecified atom stereocenters. The van der Waals surface area contributed by atoms with Crippen LogP contribution < -0.4 is 0 Å². The highest BCUT2D eigenvalue weighted by Crippen LogP contribution is 2.60. The molecule has 1 N–H and O–H groups in total. The molecule has 1 fully saturated rings. The molecule has 0 aliphatic heterocycles. The van der Waals surface area contributed by atoms with Crippen molar-refractivity contribution in [2.24, 2.45) is 17.3 Å². The Balaban J connectivity index is 2.68. The molecule has 0 heterocycles. The highest BCUT2D eigenvalue weighted by Gasteiger charge is 2.66. The molecule has 1 aliphatic rings. The van der Waals surface area contributed by atoms with Gasteiger partial charge in [0.25, 0.3) is 0 Å². The molecule has 0 radical (unpaired) electrons. The third-order valence-electron chi connectivity index (χ3n) is 2.45. The Hall–Kier alpha value is -0.670. The highest BCUT2D eigenvalue weighted by molar-refractivity contribution is 5.75. The third kappa shape index (κ3) is 1.10. The number of carboxylic acid groups (broad SMARTS) is 1. The minimum atomic E-state index is -2.51. The summed E-state index contributed by atoms with van der Waals surface area (Å²) in [5.74, 6) is -2.93. The fourth-order valence-electron chi connectivity index (χ4n) is 1.62. The summed E-state index contributed by atoms with van der Waals surface area (Å²) in [7, 11) is 0. The zero-order valence-electron chi connectivity index (χ0n) is 6.34. The summed E-state index contributed by atoms with van der Waals surface area (Å²) in [6, 6.07) is 0. The van der Waals surface area contributed by atoms with Gasteiger partial charge in [-0.1, -0.05) is 13.8 Å². The van der Waals surface area contributed by atoms with E-state index in [1.807, 2.05) is 0 Å². The molecule has 0 aromatic carbocycles. The van der Waals surface area contributed by atoms with Gasteiger partial charge >= 0.3 is 5.97 Å². The van der Waals surface area contributed by atoms with Crippen molar-refractivity contribution >= 4 is 5.97 Å². The Kier molecular flexibility index (Phi) is 1.65. The van der Waals surface area contributed by atoms with Gasteiger partial charge in [0.2, 0.25) is 6.43 Å². The lowest BCUT2D eigenvalue weighted by Crippen LogP contribution is -2.04. The number of aliphatic carboxylic acids is 1. The molecule has 2 nitrogen and oxygen atoms in total. The van der Waals surface area contributed by atoms with E-state index < -0.39 is 29.6 Å². The topological polar surface area (TPSA) is 37.3 Å². The fourth-order valence-corrected chi connectivity index (χ4v) is 1.62. The molecule has 0 spiro atoms. The smallest absolute Gasteiger partial charge is 0.307 e. The zero-order valence-corrected chi connectivity index (χ0v) is 6.34. The first kappa shape index (κ1) is 8.43. The van der Waals surface area contributed by atoms with Gasteiger partial charge in [-0.25, -0.2) is 8.78 Å². The van der Waals surface area contributed by atoms with Gasteiger partial charge < -0.3 is 5.11 Å². The Morgan fingerprint density at radius 3 is 2.09 bits per heavy atom. The van der Waals surface area contributed by atoms with E-state index in [4.69, 9.17) is 5.11 Å². The van der Waals surface area contributed by atoms with Crippen molar-refractivity contribution in [1.29, 1.82) is 0 Å². The minimum Gasteiger partial charge on any atom is -0.481 e. The van der Waals surface area contributed by atoms with Gasteiger partial charge in [0.1, 0.15) is 0 Å². The normalized spacial score (nSPS) is 33.9. The lowest BCUT2D eigenvalue weighted by atomic mass is 10.1. The molecule has 0 aromatic heterocycles. The van der Waals surface area contributed by atoms with Crippen LogP contribution in [-0.4, -0.2) is 17.5 Å². The van der Waals surface area contributed by atoms with Gasteiger partial charge in [0, 0.05) is 5.92 Å². The van der Waals surface area contributed by atoms with E-state index in [-0.39, 0.29) is 0 Å². The Bertz CT molecular complexity index is 189. The van der Waals surface area contributed by atoms with E-state index in [1.165, 1.54) is 0 Å². The van der Waals surface area contributed by atoms with Crippen molar-refractivity contribution in [3.05, 3.63) is 0 Å². The van der Waals surface area contributed by atoms with Crippen molar-refractivity contribution in [2.75, 3.05) is 0 Å². The number of hydrogen-bond donors (Lipinski definition) is 1. The number of carbonyl (C=O) groups is 1. The first-order chi connectivity index (χ1) is 4.89. The third-order valence-corrected chi connectivity index (χ3v) is 2.45. The van der Waals surface area contributed by atoms with E-state index in [0.717, 1.165) is 0 Å². The monoisotopic (exact) mass is 164 g/mol. The van der Waals surface area contributed by atoms with Crippen molar-refractivity contribution in [3.63, 3.8) is 0 Å². The average molecular weight is 164 g/mol. The van der Waals surface area contributed by atoms with Crippen LogP contribution in [0.15, 0.2) is 0 Å². The molecule has 4 heteroatoms. The predicted octanol–water partition coefficient (Wildman–Crippen LogP) is 1.61. The Morgan fingerprint density at radius 2 is 2.00 bits per heavy atom. The second-order valence-corrected chi connectivity index (χ2v) is 3.50. The van der Waals surface area contributed by atoms with Gasteiger partial charge in [-0.2, -0.15) is 0 Å². The lowest BCUT2D eigenvalue weighted by Gasteiger charge is -1.98. The fraction of sp³-hybridized carbons (Fsp3) is 0.857. The molecule has 1 rings (SSSR count). The molecule has 0 aromatic rings. The van der Waals surface area contributed by atoms with Gasteiger partial charge in [-0.3, -0.25) is 4.79 Å². The Labute approximate surface area is 63.2 Å². The zero-order chi connectivity index (χ0) is 8.81. The molecule has 2 atom stereocenters. The van der Waals surface area contributed by atoms with Crippen molar-refractivity contribution in [1.82, 2.24) is 0 Å². The molecular formula is C7H10F2O2. The summed E-state index contributed by atoms with van der Waals surface area (Å²) in [6.07, 6.45) is -2.51. The predicted molar refractivity (Wildman–Crippen MR) is 34.4 cm³/mol. The summed E-state index contributed by atoms with van der Waals surface area (Å²) in [4.78, 5) is 10.4. The highest BCUT2D eigenvalue weighted by atomic mass is 19.3. The molecule has 0 amide bonds. The van der Waals surface area contributed by atoms with Crippen LogP contribution in [0, 0.1) is 17.3 Å². The summed E-state index contributed by atoms with van der Waals surface area (Å²) in [5, 5.41) is 8.47. The van der Waals surface area contributed by atoms with Gasteiger partial charge in [0.15, 0.2) is 0 Å². The van der Waals surface area contributed by atoms with Crippen LogP contribution in [-0.2, 0) is 4.79 Å². The summed E-state index contributed by atoms with van der Waals surface area (Å²) in [5.41, 5.74) is -0.722. The minimum absolute atomic E-state index is 0.722. The van der Waals surface area contributed by atoms with Crippen LogP contribution in [0.1, 0.15) is 13.8 Å². The first-order valence-corrected chi connectivity index (χ1v) is 3.40. The quantitative estimate of drug-likeness (QED) is 0.673. The van der Waals surface area contributed by atoms with E-state index >= 15 is 0 Å². The summed E-state index contributed by atoms with van der Waals surface area (Å²) in [6.45, 7) is 3.12. The number of hydrogen-bond acceptors (Lipinski definition) is 1. The second-order valence-electron chi connectivity index (χ2n) is 3.50. The number of carboxylic acids is 1. The molecule has 0 saturated heterocycles. The van der Waals surface area contributed by atoms with Crippen LogP contribution in [0.2, 0.25) is 0 Å². The largest absolute Gasteiger partial charge is 0.481 e. The SMILES string of the molecule is CC1(C)[C@H](C(=O)O)[C@H]1C(F)F. The van der Waals surface area contributed by atoms with E-state index in [1.54, 1.807) is 13.8 Å². The molecule has 1 saturated carbocycles. The maximum atomic E-state index is 12.1. The Morgan fingerprint density at radius 1 is 1.55 bits per heavy atom. The molecular weight excluding hydrogens is 154 g/mol. The first-order valence-electron chi connectivity index (χ1n) is 3.40. The van der Waals surface area contributed by atoms with Crippen molar-refractivity contribution in [3.8, 4) is 0 Å². The average Bonchev–Trinajstić information content (AvgIpc) is 2.33. The lowest BCUT2D eigenvalue weighted by molar-refractivity contribution is -0.140. The van der Waals surface area contributed by atoms with E-state index in [9.17, 15) is 13.6 Å². The van der Waals surface area contributed by atoms with Gasteiger partial charge in [-0.05, 0) is 5.41 Å². The molecule has 1 aliphatic carbocycles. The standard InChI is InChI=1S/C7H10F2O2/c1-7(2)3(5(8)9)4(7)6(10)11/h3-5H,1-2H3,(H,10,11)/t3-,4-/m0/s1. The maximum Gasteiger partial charge on any atom is 0.307 e. The van der Waals surface area contributed by atoms with Crippen LogP contribution >= 0.6 is 0 Å². The number of rotatable bonds is 2. The number of halogens is 2. The number of alkyl halides is 2. The molecule has 64 valence electrons. The summed E-state index contributed by atoms with van der Waals surface area (Å²) >= 11 is 0. The molecule has 0 bridgehead atoms. The van der Waals surface area contributed by atoms with E-state index in [0.29, 0.717) is 0 Å². The van der Waals surface area contributed by atoms with Crippen LogP contribution in [0.3, 0.4) is 0 Å². The van der Waals surface area contributed by atoms with Crippen LogP contribution in [0.25, 0.3) is 0 Å². The summed E-state index contributed by atoms with van der Waals surface area (Å²) < 4.78 is 24.1. The van der Waals surface area contributed by atoms with E-state index in [2.05, 4.69) is 0 Å². The maximum absolute atomic E-state index is 12.1. The van der Waals surface area contributed by atoms with Gasteiger partial charge in [0.05, 0.1) is 5.92 Å². The van der Waals surface area contributed by atoms with Crippen LogP contribution in [0.4, 0.5) is 8.78 Å². The van der Waals surface area contributed by atoms with Crippen molar-refractivity contribution in [2.45, 2.75) is 20.3 Å². The second kappa shape index (κ2) is 2.16. The van der Waals surface area contributed by atoms with Gasteiger partial charge in [-0.15, -0.1) is 0 Å². The molecule has 11 heavy (non-hydrogen) atoms. The van der Waals surface area contributed by atoms with Crippen LogP contribution in [0.5, 0.6) is 0 Å². The van der Waals surface area contributed by atoms with Crippen molar-refractivity contribution < 1.29 is 18.7 Å².